The number of carbonyl (C=O) groups is 2. The third kappa shape index (κ3) is 4.80. The maximum absolute atomic E-state index is 12.2. The maximum atomic E-state index is 12.2. The molecule has 1 aliphatic carbocycles. The third-order valence-corrected chi connectivity index (χ3v) is 4.31. The first kappa shape index (κ1) is 17.9. The number of hydrogen-bond acceptors (Lipinski definition) is 5. The van der Waals surface area contributed by atoms with Crippen LogP contribution in [0.4, 0.5) is 10.5 Å². The molecule has 10 nitrogen and oxygen atoms in total. The second kappa shape index (κ2) is 7.98. The van der Waals surface area contributed by atoms with E-state index >= 15 is 0 Å². The predicted molar refractivity (Wildman–Crippen MR) is 94.1 cm³/mol. The quantitative estimate of drug-likeness (QED) is 0.789. The fourth-order valence-corrected chi connectivity index (χ4v) is 3.01. The third-order valence-electron chi connectivity index (χ3n) is 4.31. The molecule has 1 saturated carbocycles. The van der Waals surface area contributed by atoms with Crippen LogP contribution in [0.1, 0.15) is 31.4 Å². The molecule has 2 N–H and O–H groups in total. The Morgan fingerprint density at radius 2 is 2.08 bits per heavy atom. The van der Waals surface area contributed by atoms with Crippen molar-refractivity contribution in [3.05, 3.63) is 24.3 Å². The molecule has 0 saturated heterocycles. The number of aryl methyl sites for hydroxylation is 1. The van der Waals surface area contributed by atoms with Gasteiger partial charge in [-0.05, 0) is 12.8 Å². The van der Waals surface area contributed by atoms with Crippen LogP contribution in [-0.4, -0.2) is 54.7 Å². The van der Waals surface area contributed by atoms with Crippen LogP contribution in [-0.2, 0) is 24.9 Å². The van der Waals surface area contributed by atoms with Gasteiger partial charge in [-0.2, -0.15) is 5.10 Å². The number of hydrogen-bond donors (Lipinski definition) is 2. The van der Waals surface area contributed by atoms with Crippen molar-refractivity contribution < 1.29 is 9.59 Å². The van der Waals surface area contributed by atoms with Gasteiger partial charge in [0.2, 0.25) is 5.91 Å². The molecule has 2 heterocycles. The Morgan fingerprint density at radius 3 is 2.77 bits per heavy atom. The van der Waals surface area contributed by atoms with Crippen LogP contribution in [0.3, 0.4) is 0 Å². The van der Waals surface area contributed by atoms with Gasteiger partial charge in [-0.15, -0.1) is 5.10 Å². The van der Waals surface area contributed by atoms with Crippen molar-refractivity contribution in [2.75, 3.05) is 12.4 Å². The monoisotopic (exact) mass is 360 g/mol. The van der Waals surface area contributed by atoms with E-state index in [4.69, 9.17) is 0 Å². The van der Waals surface area contributed by atoms with Gasteiger partial charge < -0.3 is 15.5 Å². The van der Waals surface area contributed by atoms with E-state index in [2.05, 4.69) is 26.0 Å². The lowest BCUT2D eigenvalue weighted by molar-refractivity contribution is -0.122. The highest BCUT2D eigenvalue weighted by Crippen LogP contribution is 2.17. The van der Waals surface area contributed by atoms with E-state index < -0.39 is 0 Å². The second-order valence-corrected chi connectivity index (χ2v) is 6.65. The molecule has 1 aliphatic rings. The summed E-state index contributed by atoms with van der Waals surface area (Å²) >= 11 is 0. The van der Waals surface area contributed by atoms with E-state index in [1.54, 1.807) is 31.2 Å². The van der Waals surface area contributed by atoms with Crippen molar-refractivity contribution in [2.24, 2.45) is 7.05 Å². The number of carbonyl (C=O) groups excluding carboxylic acids is 2. The Kier molecular flexibility index (Phi) is 5.49. The van der Waals surface area contributed by atoms with Crippen LogP contribution < -0.4 is 10.6 Å². The molecule has 0 spiro atoms. The number of rotatable bonds is 6. The van der Waals surface area contributed by atoms with E-state index in [1.807, 2.05) is 0 Å². The first-order valence-corrected chi connectivity index (χ1v) is 8.69. The summed E-state index contributed by atoms with van der Waals surface area (Å²) in [6, 6.07) is -0.00224. The molecule has 0 bridgehead atoms. The first-order chi connectivity index (χ1) is 12.5. The number of nitrogens with one attached hydrogen (secondary N) is 2. The van der Waals surface area contributed by atoms with Crippen molar-refractivity contribution in [2.45, 2.75) is 44.8 Å². The minimum absolute atomic E-state index is 0.0577. The number of urea groups is 1. The standard InChI is InChI=1S/C16H24N8O2/c1-22(8-14-9-23(2)21-20-14)16(26)19-13-7-17-24(10-13)11-15(25)18-12-5-3-4-6-12/h7,9-10,12H,3-6,8,11H2,1-2H3,(H,18,25)(H,19,26). The number of nitrogens with zero attached hydrogens (tertiary/aromatic N) is 6. The lowest BCUT2D eigenvalue weighted by Crippen LogP contribution is -2.35. The van der Waals surface area contributed by atoms with Gasteiger partial charge in [-0.3, -0.25) is 14.2 Å². The summed E-state index contributed by atoms with van der Waals surface area (Å²) < 4.78 is 3.10. The summed E-state index contributed by atoms with van der Waals surface area (Å²) in [4.78, 5) is 25.8. The maximum Gasteiger partial charge on any atom is 0.322 e. The molecule has 1 fully saturated rings. The smallest absolute Gasteiger partial charge is 0.322 e. The first-order valence-electron chi connectivity index (χ1n) is 8.69. The summed E-state index contributed by atoms with van der Waals surface area (Å²) in [6.07, 6.45) is 9.36. The molecular formula is C16H24N8O2. The summed E-state index contributed by atoms with van der Waals surface area (Å²) in [5.41, 5.74) is 1.24. The largest absolute Gasteiger partial charge is 0.352 e. The lowest BCUT2D eigenvalue weighted by Gasteiger charge is -2.15. The Hall–Kier alpha value is -2.91. The zero-order valence-electron chi connectivity index (χ0n) is 15.1. The van der Waals surface area contributed by atoms with Crippen LogP contribution in [0.25, 0.3) is 0 Å². The summed E-state index contributed by atoms with van der Waals surface area (Å²) in [5, 5.41) is 17.7. The zero-order chi connectivity index (χ0) is 18.5. The van der Waals surface area contributed by atoms with Crippen LogP contribution in [0.15, 0.2) is 18.6 Å². The van der Waals surface area contributed by atoms with Crippen molar-refractivity contribution in [3.8, 4) is 0 Å². The summed E-state index contributed by atoms with van der Waals surface area (Å²) in [7, 11) is 3.44. The van der Waals surface area contributed by atoms with E-state index in [1.165, 1.54) is 28.6 Å². The summed E-state index contributed by atoms with van der Waals surface area (Å²) in [5.74, 6) is -0.0577. The lowest BCUT2D eigenvalue weighted by atomic mass is 10.2. The molecule has 0 aliphatic heterocycles. The molecule has 10 heteroatoms. The molecule has 2 aromatic heterocycles. The van der Waals surface area contributed by atoms with E-state index in [0.717, 1.165) is 12.8 Å². The van der Waals surface area contributed by atoms with Gasteiger partial charge in [0.05, 0.1) is 18.4 Å². The van der Waals surface area contributed by atoms with Crippen LogP contribution in [0, 0.1) is 0 Å². The molecule has 0 unspecified atom stereocenters. The van der Waals surface area contributed by atoms with Crippen molar-refractivity contribution in [1.29, 1.82) is 0 Å². The van der Waals surface area contributed by atoms with E-state index in [-0.39, 0.29) is 24.5 Å². The average Bonchev–Trinajstić information content (AvgIpc) is 3.31. The fourth-order valence-electron chi connectivity index (χ4n) is 3.01. The highest BCUT2D eigenvalue weighted by Gasteiger charge is 2.17. The SMILES string of the molecule is CN(Cc1cn(C)nn1)C(=O)Nc1cnn(CC(=O)NC2CCCC2)c1. The molecule has 0 aromatic carbocycles. The Morgan fingerprint density at radius 1 is 1.31 bits per heavy atom. The molecule has 140 valence electrons. The molecule has 0 atom stereocenters. The molecule has 26 heavy (non-hydrogen) atoms. The topological polar surface area (TPSA) is 110 Å². The molecule has 0 radical (unpaired) electrons. The Bertz CT molecular complexity index is 762. The Labute approximate surface area is 151 Å². The van der Waals surface area contributed by atoms with Crippen molar-refractivity contribution in [3.63, 3.8) is 0 Å². The molecular weight excluding hydrogens is 336 g/mol. The van der Waals surface area contributed by atoms with Crippen molar-refractivity contribution >= 4 is 17.6 Å². The van der Waals surface area contributed by atoms with Crippen LogP contribution in [0.2, 0.25) is 0 Å². The minimum Gasteiger partial charge on any atom is -0.352 e. The van der Waals surface area contributed by atoms with Gasteiger partial charge in [-0.25, -0.2) is 4.79 Å². The zero-order valence-corrected chi connectivity index (χ0v) is 15.1. The van der Waals surface area contributed by atoms with Gasteiger partial charge in [0.1, 0.15) is 12.2 Å². The predicted octanol–water partition coefficient (Wildman–Crippen LogP) is 0.734. The Balaban J connectivity index is 1.47. The summed E-state index contributed by atoms with van der Waals surface area (Å²) in [6.45, 7) is 0.486. The number of anilines is 1. The van der Waals surface area contributed by atoms with E-state index in [9.17, 15) is 9.59 Å². The molecule has 2 aromatic rings. The van der Waals surface area contributed by atoms with Gasteiger partial charge in [0.15, 0.2) is 0 Å². The minimum atomic E-state index is -0.286. The van der Waals surface area contributed by atoms with Gasteiger partial charge >= 0.3 is 6.03 Å². The average molecular weight is 360 g/mol. The normalized spacial score (nSPS) is 14.4. The van der Waals surface area contributed by atoms with Crippen molar-refractivity contribution in [1.82, 2.24) is 35.0 Å². The number of amides is 3. The van der Waals surface area contributed by atoms with E-state index in [0.29, 0.717) is 17.9 Å². The highest BCUT2D eigenvalue weighted by molar-refractivity contribution is 5.88. The van der Waals surface area contributed by atoms with Gasteiger partial charge in [-0.1, -0.05) is 18.1 Å². The van der Waals surface area contributed by atoms with Crippen LogP contribution in [0.5, 0.6) is 0 Å². The molecule has 3 amide bonds. The highest BCUT2D eigenvalue weighted by atomic mass is 16.2. The van der Waals surface area contributed by atoms with Crippen LogP contribution >= 0.6 is 0 Å². The second-order valence-electron chi connectivity index (χ2n) is 6.65. The van der Waals surface area contributed by atoms with Gasteiger partial charge in [0, 0.05) is 32.5 Å². The van der Waals surface area contributed by atoms with Gasteiger partial charge in [0.25, 0.3) is 0 Å². The molecule has 3 rings (SSSR count). The number of aromatic nitrogens is 5. The fraction of sp³-hybridized carbons (Fsp3) is 0.562.